The first-order valence-electron chi connectivity index (χ1n) is 3.18. The summed E-state index contributed by atoms with van der Waals surface area (Å²) in [5.41, 5.74) is 0. The smallest absolute Gasteiger partial charge is 0.136 e. The molecule has 1 aliphatic rings. The molecule has 0 saturated carbocycles. The largest absolute Gasteiger partial charge is 0.360 e. The van der Waals surface area contributed by atoms with E-state index in [2.05, 4.69) is 4.90 Å². The molecule has 1 saturated heterocycles. The van der Waals surface area contributed by atoms with E-state index in [1.165, 1.54) is 5.75 Å². The summed E-state index contributed by atoms with van der Waals surface area (Å²) in [7, 11) is 2.03. The van der Waals surface area contributed by atoms with E-state index in [1.807, 2.05) is 20.9 Å². The summed E-state index contributed by atoms with van der Waals surface area (Å²) in [5.74, 6) is 1.18. The third kappa shape index (κ3) is 3.06. The van der Waals surface area contributed by atoms with E-state index in [-0.39, 0.29) is 0 Å². The molecule has 9 heavy (non-hydrogen) atoms. The number of nitrogens with zero attached hydrogens (tertiary/aromatic N) is 1. The Balaban J connectivity index is 0.000000291. The molecule has 3 heteroatoms. The van der Waals surface area contributed by atoms with Crippen LogP contribution in [0.5, 0.6) is 0 Å². The molecule has 0 unspecified atom stereocenters. The molecule has 0 bridgehead atoms. The van der Waals surface area contributed by atoms with Crippen molar-refractivity contribution < 1.29 is 0 Å². The lowest BCUT2D eigenvalue weighted by molar-refractivity contribution is 0.572. The van der Waals surface area contributed by atoms with Crippen LogP contribution < -0.4 is 0 Å². The molecular formula is C6H13NS2. The normalized spacial score (nSPS) is 17.2. The molecule has 54 valence electrons. The molecule has 1 rings (SSSR count). The van der Waals surface area contributed by atoms with Gasteiger partial charge in [-0.2, -0.15) is 0 Å². The van der Waals surface area contributed by atoms with Crippen LogP contribution in [0.3, 0.4) is 0 Å². The standard InChI is InChI=1S/C4H7NS2.C2H6/c1-5-2-3-7-4(5)6;1-2/h2-3H2,1H3;1-2H3. The van der Waals surface area contributed by atoms with E-state index in [0.29, 0.717) is 0 Å². The predicted molar refractivity (Wildman–Crippen MR) is 49.0 cm³/mol. The van der Waals surface area contributed by atoms with Crippen LogP contribution in [-0.2, 0) is 0 Å². The second-order valence-corrected chi connectivity index (χ2v) is 3.26. The molecule has 1 fully saturated rings. The minimum absolute atomic E-state index is 1.04. The lowest BCUT2D eigenvalue weighted by Crippen LogP contribution is -2.15. The zero-order chi connectivity index (χ0) is 7.28. The quantitative estimate of drug-likeness (QED) is 0.503. The van der Waals surface area contributed by atoms with Gasteiger partial charge in [0.25, 0.3) is 0 Å². The topological polar surface area (TPSA) is 3.24 Å². The average Bonchev–Trinajstić information content (AvgIpc) is 2.23. The maximum absolute atomic E-state index is 4.93. The molecule has 0 spiro atoms. The third-order valence-corrected chi connectivity index (χ3v) is 2.57. The predicted octanol–water partition coefficient (Wildman–Crippen LogP) is 1.98. The first-order chi connectivity index (χ1) is 4.30. The fourth-order valence-corrected chi connectivity index (χ4v) is 1.66. The van der Waals surface area contributed by atoms with Crippen molar-refractivity contribution in [3.05, 3.63) is 0 Å². The molecular weight excluding hydrogens is 150 g/mol. The van der Waals surface area contributed by atoms with Crippen molar-refractivity contribution in [1.29, 1.82) is 0 Å². The fraction of sp³-hybridized carbons (Fsp3) is 0.833. The van der Waals surface area contributed by atoms with Gasteiger partial charge >= 0.3 is 0 Å². The molecule has 1 aliphatic heterocycles. The zero-order valence-electron chi connectivity index (χ0n) is 6.18. The van der Waals surface area contributed by atoms with Crippen molar-refractivity contribution in [2.45, 2.75) is 13.8 Å². The monoisotopic (exact) mass is 163 g/mol. The Hall–Kier alpha value is 0.240. The summed E-state index contributed by atoms with van der Waals surface area (Å²) < 4.78 is 1.04. The summed E-state index contributed by atoms with van der Waals surface area (Å²) in [6.45, 7) is 5.13. The molecule has 1 nitrogen and oxygen atoms in total. The molecule has 0 aromatic rings. The summed E-state index contributed by atoms with van der Waals surface area (Å²) in [6, 6.07) is 0. The highest BCUT2D eigenvalue weighted by Crippen LogP contribution is 2.14. The Morgan fingerprint density at radius 2 is 2.11 bits per heavy atom. The van der Waals surface area contributed by atoms with E-state index >= 15 is 0 Å². The van der Waals surface area contributed by atoms with Crippen LogP contribution >= 0.6 is 24.0 Å². The minimum Gasteiger partial charge on any atom is -0.360 e. The van der Waals surface area contributed by atoms with Gasteiger partial charge < -0.3 is 4.90 Å². The maximum atomic E-state index is 4.93. The van der Waals surface area contributed by atoms with Gasteiger partial charge in [-0.25, -0.2) is 0 Å². The summed E-state index contributed by atoms with van der Waals surface area (Å²) in [6.07, 6.45) is 0. The number of hydrogen-bond donors (Lipinski definition) is 0. The Bertz CT molecular complexity index is 93.1. The SMILES string of the molecule is CC.CN1CCSC1=S. The van der Waals surface area contributed by atoms with E-state index < -0.39 is 0 Å². The van der Waals surface area contributed by atoms with Gasteiger partial charge in [0.05, 0.1) is 0 Å². The van der Waals surface area contributed by atoms with Gasteiger partial charge in [-0.05, 0) is 0 Å². The highest BCUT2D eigenvalue weighted by atomic mass is 32.2. The van der Waals surface area contributed by atoms with Crippen LogP contribution in [0, 0.1) is 0 Å². The Kier molecular flexibility index (Phi) is 5.19. The number of hydrogen-bond acceptors (Lipinski definition) is 2. The van der Waals surface area contributed by atoms with Gasteiger partial charge in [0, 0.05) is 19.3 Å². The lowest BCUT2D eigenvalue weighted by atomic mass is 10.7. The number of rotatable bonds is 0. The molecule has 0 amide bonds. The van der Waals surface area contributed by atoms with Crippen LogP contribution in [-0.4, -0.2) is 28.6 Å². The first-order valence-corrected chi connectivity index (χ1v) is 4.58. The van der Waals surface area contributed by atoms with Crippen molar-refractivity contribution in [3.63, 3.8) is 0 Å². The van der Waals surface area contributed by atoms with Crippen molar-refractivity contribution >= 4 is 28.3 Å². The van der Waals surface area contributed by atoms with Crippen LogP contribution in [0.4, 0.5) is 0 Å². The molecule has 0 aromatic carbocycles. The second-order valence-electron chi connectivity index (χ2n) is 1.54. The molecule has 0 atom stereocenters. The molecule has 1 heterocycles. The van der Waals surface area contributed by atoms with E-state index in [4.69, 9.17) is 12.2 Å². The Morgan fingerprint density at radius 1 is 1.56 bits per heavy atom. The van der Waals surface area contributed by atoms with Crippen molar-refractivity contribution in [2.24, 2.45) is 0 Å². The van der Waals surface area contributed by atoms with Crippen molar-refractivity contribution in [2.75, 3.05) is 19.3 Å². The summed E-state index contributed by atoms with van der Waals surface area (Å²) in [4.78, 5) is 2.10. The molecule has 0 radical (unpaired) electrons. The minimum atomic E-state index is 1.04. The Morgan fingerprint density at radius 3 is 2.22 bits per heavy atom. The van der Waals surface area contributed by atoms with Crippen LogP contribution in [0.2, 0.25) is 0 Å². The van der Waals surface area contributed by atoms with E-state index in [0.717, 1.165) is 10.9 Å². The fourth-order valence-electron chi connectivity index (χ4n) is 0.471. The van der Waals surface area contributed by atoms with Crippen LogP contribution in [0.1, 0.15) is 13.8 Å². The second kappa shape index (κ2) is 5.06. The Labute approximate surface area is 66.8 Å². The first kappa shape index (κ1) is 9.24. The highest BCUT2D eigenvalue weighted by molar-refractivity contribution is 8.23. The van der Waals surface area contributed by atoms with Crippen molar-refractivity contribution in [3.8, 4) is 0 Å². The number of thiocarbonyl (C=S) groups is 1. The van der Waals surface area contributed by atoms with E-state index in [9.17, 15) is 0 Å². The highest BCUT2D eigenvalue weighted by Gasteiger charge is 2.10. The molecule has 0 aromatic heterocycles. The zero-order valence-corrected chi connectivity index (χ0v) is 7.81. The lowest BCUT2D eigenvalue weighted by Gasteiger charge is -2.05. The molecule has 0 N–H and O–H groups in total. The van der Waals surface area contributed by atoms with Gasteiger partial charge in [-0.15, -0.1) is 0 Å². The molecule has 0 aliphatic carbocycles. The van der Waals surface area contributed by atoms with Gasteiger partial charge in [0.2, 0.25) is 0 Å². The average molecular weight is 163 g/mol. The van der Waals surface area contributed by atoms with Gasteiger partial charge in [-0.3, -0.25) is 0 Å². The van der Waals surface area contributed by atoms with Crippen LogP contribution in [0.15, 0.2) is 0 Å². The number of thioether (sulfide) groups is 1. The summed E-state index contributed by atoms with van der Waals surface area (Å²) in [5, 5.41) is 0. The summed E-state index contributed by atoms with van der Waals surface area (Å²) >= 11 is 6.69. The van der Waals surface area contributed by atoms with E-state index in [1.54, 1.807) is 11.8 Å². The third-order valence-electron chi connectivity index (χ3n) is 0.964. The van der Waals surface area contributed by atoms with Gasteiger partial charge in [-0.1, -0.05) is 37.8 Å². The maximum Gasteiger partial charge on any atom is 0.136 e. The van der Waals surface area contributed by atoms with Crippen LogP contribution in [0.25, 0.3) is 0 Å². The van der Waals surface area contributed by atoms with Crippen molar-refractivity contribution in [1.82, 2.24) is 4.90 Å². The van der Waals surface area contributed by atoms with Gasteiger partial charge in [0.1, 0.15) is 4.32 Å². The van der Waals surface area contributed by atoms with Gasteiger partial charge in [0.15, 0.2) is 0 Å².